The first-order valence-electron chi connectivity index (χ1n) is 6.93. The summed E-state index contributed by atoms with van der Waals surface area (Å²) in [6.07, 6.45) is 3.87. The van der Waals surface area contributed by atoms with Gasteiger partial charge in [0.2, 0.25) is 0 Å². The third kappa shape index (κ3) is 3.01. The summed E-state index contributed by atoms with van der Waals surface area (Å²) in [6.45, 7) is 11.4. The molecule has 1 saturated carbocycles. The summed E-state index contributed by atoms with van der Waals surface area (Å²) in [6, 6.07) is 0.362. The molecular weight excluding hydrogens is 214 g/mol. The maximum Gasteiger partial charge on any atom is 0.0863 e. The minimum atomic E-state index is 0.0244. The number of hydrogen-bond acceptors (Lipinski definition) is 3. The highest BCUT2D eigenvalue weighted by atomic mass is 16.5. The van der Waals surface area contributed by atoms with E-state index < -0.39 is 0 Å². The molecule has 1 aliphatic carbocycles. The Kier molecular flexibility index (Phi) is 3.81. The van der Waals surface area contributed by atoms with Crippen LogP contribution in [0.4, 0.5) is 0 Å². The molecule has 0 aromatic carbocycles. The van der Waals surface area contributed by atoms with E-state index in [1.807, 2.05) is 0 Å². The molecule has 2 atom stereocenters. The zero-order valence-corrected chi connectivity index (χ0v) is 11.7. The number of morpholine rings is 1. The summed E-state index contributed by atoms with van der Waals surface area (Å²) < 4.78 is 12.0. The molecule has 2 rings (SSSR count). The van der Waals surface area contributed by atoms with E-state index in [1.54, 1.807) is 0 Å². The van der Waals surface area contributed by atoms with Gasteiger partial charge in [-0.15, -0.1) is 0 Å². The van der Waals surface area contributed by atoms with E-state index in [1.165, 1.54) is 12.8 Å². The number of rotatable bonds is 3. The maximum atomic E-state index is 6.16. The van der Waals surface area contributed by atoms with E-state index in [0.29, 0.717) is 17.6 Å². The molecule has 1 N–H and O–H groups in total. The van der Waals surface area contributed by atoms with Crippen molar-refractivity contribution < 1.29 is 9.47 Å². The molecule has 1 heterocycles. The van der Waals surface area contributed by atoms with Gasteiger partial charge in [0.25, 0.3) is 0 Å². The first-order valence-corrected chi connectivity index (χ1v) is 6.93. The molecule has 2 aliphatic rings. The highest BCUT2D eigenvalue weighted by Crippen LogP contribution is 2.48. The molecule has 0 amide bonds. The molecule has 0 aromatic rings. The minimum Gasteiger partial charge on any atom is -0.377 e. The predicted octanol–water partition coefficient (Wildman–Crippen LogP) is 2.35. The normalized spacial score (nSPS) is 36.9. The Morgan fingerprint density at radius 2 is 2.12 bits per heavy atom. The second-order valence-electron chi connectivity index (χ2n) is 6.64. The first-order chi connectivity index (χ1) is 7.94. The van der Waals surface area contributed by atoms with E-state index in [0.717, 1.165) is 26.2 Å². The molecule has 0 aromatic heterocycles. The molecule has 1 spiro atoms. The SMILES string of the molecule is CC(C)OCC1NCCOC12CCC(C)(C)C2. The van der Waals surface area contributed by atoms with Gasteiger partial charge in [-0.2, -0.15) is 0 Å². The lowest BCUT2D eigenvalue weighted by Gasteiger charge is -2.43. The van der Waals surface area contributed by atoms with Gasteiger partial charge in [-0.1, -0.05) is 13.8 Å². The van der Waals surface area contributed by atoms with Crippen LogP contribution in [0.5, 0.6) is 0 Å². The number of nitrogens with one attached hydrogen (secondary N) is 1. The lowest BCUT2D eigenvalue weighted by Crippen LogP contribution is -2.59. The molecule has 17 heavy (non-hydrogen) atoms. The summed E-state index contributed by atoms with van der Waals surface area (Å²) in [5.74, 6) is 0. The molecular formula is C14H27NO2. The van der Waals surface area contributed by atoms with E-state index >= 15 is 0 Å². The fourth-order valence-corrected chi connectivity index (χ4v) is 3.23. The van der Waals surface area contributed by atoms with Crippen molar-refractivity contribution in [2.45, 2.75) is 64.7 Å². The summed E-state index contributed by atoms with van der Waals surface area (Å²) in [5.41, 5.74) is 0.436. The van der Waals surface area contributed by atoms with Crippen molar-refractivity contribution in [1.29, 1.82) is 0 Å². The highest BCUT2D eigenvalue weighted by Gasteiger charge is 2.50. The van der Waals surface area contributed by atoms with Crippen LogP contribution in [0.1, 0.15) is 47.0 Å². The van der Waals surface area contributed by atoms with E-state index in [-0.39, 0.29) is 5.60 Å². The summed E-state index contributed by atoms with van der Waals surface area (Å²) >= 11 is 0. The third-order valence-electron chi connectivity index (χ3n) is 4.12. The van der Waals surface area contributed by atoms with Crippen LogP contribution in [0.25, 0.3) is 0 Å². The predicted molar refractivity (Wildman–Crippen MR) is 69.2 cm³/mol. The van der Waals surface area contributed by atoms with Gasteiger partial charge < -0.3 is 14.8 Å². The van der Waals surface area contributed by atoms with Crippen LogP contribution in [-0.2, 0) is 9.47 Å². The second-order valence-corrected chi connectivity index (χ2v) is 6.64. The fourth-order valence-electron chi connectivity index (χ4n) is 3.23. The van der Waals surface area contributed by atoms with Crippen molar-refractivity contribution >= 4 is 0 Å². The van der Waals surface area contributed by atoms with E-state index in [4.69, 9.17) is 9.47 Å². The lowest BCUT2D eigenvalue weighted by molar-refractivity contribution is -0.118. The Hall–Kier alpha value is -0.120. The maximum absolute atomic E-state index is 6.16. The van der Waals surface area contributed by atoms with E-state index in [9.17, 15) is 0 Å². The van der Waals surface area contributed by atoms with Gasteiger partial charge in [0.1, 0.15) is 0 Å². The number of hydrogen-bond donors (Lipinski definition) is 1. The largest absolute Gasteiger partial charge is 0.377 e. The topological polar surface area (TPSA) is 30.5 Å². The summed E-state index contributed by atoms with van der Waals surface area (Å²) in [4.78, 5) is 0. The number of ether oxygens (including phenoxy) is 2. The van der Waals surface area contributed by atoms with Crippen molar-refractivity contribution in [2.75, 3.05) is 19.8 Å². The molecule has 1 saturated heterocycles. The van der Waals surface area contributed by atoms with Crippen molar-refractivity contribution in [1.82, 2.24) is 5.32 Å². The van der Waals surface area contributed by atoms with E-state index in [2.05, 4.69) is 33.0 Å². The van der Waals surface area contributed by atoms with Crippen molar-refractivity contribution in [2.24, 2.45) is 5.41 Å². The zero-order valence-electron chi connectivity index (χ0n) is 11.7. The van der Waals surface area contributed by atoms with Crippen LogP contribution >= 0.6 is 0 Å². The Morgan fingerprint density at radius 3 is 2.71 bits per heavy atom. The molecule has 0 radical (unpaired) electrons. The van der Waals surface area contributed by atoms with Crippen molar-refractivity contribution in [3.63, 3.8) is 0 Å². The molecule has 2 fully saturated rings. The van der Waals surface area contributed by atoms with Crippen LogP contribution in [-0.4, -0.2) is 37.5 Å². The van der Waals surface area contributed by atoms with Crippen LogP contribution in [0.15, 0.2) is 0 Å². The fraction of sp³-hybridized carbons (Fsp3) is 1.00. The Balaban J connectivity index is 2.02. The highest BCUT2D eigenvalue weighted by molar-refractivity contribution is 5.04. The zero-order chi connectivity index (χ0) is 12.5. The van der Waals surface area contributed by atoms with Gasteiger partial charge in [0, 0.05) is 6.54 Å². The quantitative estimate of drug-likeness (QED) is 0.822. The minimum absolute atomic E-state index is 0.0244. The molecule has 100 valence electrons. The summed E-state index contributed by atoms with van der Waals surface area (Å²) in [7, 11) is 0. The van der Waals surface area contributed by atoms with Crippen LogP contribution in [0.3, 0.4) is 0 Å². The standard InChI is InChI=1S/C14H27NO2/c1-11(2)16-9-12-14(17-8-7-15-12)6-5-13(3,4)10-14/h11-12,15H,5-10H2,1-4H3. The monoisotopic (exact) mass is 241 g/mol. The average Bonchev–Trinajstić information content (AvgIpc) is 2.54. The van der Waals surface area contributed by atoms with Crippen LogP contribution in [0, 0.1) is 5.41 Å². The summed E-state index contributed by atoms with van der Waals surface area (Å²) in [5, 5.41) is 3.60. The lowest BCUT2D eigenvalue weighted by atomic mass is 9.85. The smallest absolute Gasteiger partial charge is 0.0863 e. The van der Waals surface area contributed by atoms with Gasteiger partial charge in [-0.25, -0.2) is 0 Å². The van der Waals surface area contributed by atoms with Gasteiger partial charge in [0.05, 0.1) is 31.0 Å². The van der Waals surface area contributed by atoms with Crippen molar-refractivity contribution in [3.8, 4) is 0 Å². The van der Waals surface area contributed by atoms with Crippen LogP contribution in [0.2, 0.25) is 0 Å². The van der Waals surface area contributed by atoms with Gasteiger partial charge in [-0.05, 0) is 38.5 Å². The van der Waals surface area contributed by atoms with Gasteiger partial charge >= 0.3 is 0 Å². The first kappa shape index (κ1) is 13.3. The Morgan fingerprint density at radius 1 is 1.35 bits per heavy atom. The molecule has 3 heteroatoms. The molecule has 0 bridgehead atoms. The van der Waals surface area contributed by atoms with Gasteiger partial charge in [0.15, 0.2) is 0 Å². The average molecular weight is 241 g/mol. The second kappa shape index (κ2) is 4.87. The molecule has 1 aliphatic heterocycles. The van der Waals surface area contributed by atoms with Crippen LogP contribution < -0.4 is 5.32 Å². The Bertz CT molecular complexity index is 265. The molecule has 3 nitrogen and oxygen atoms in total. The third-order valence-corrected chi connectivity index (χ3v) is 4.12. The van der Waals surface area contributed by atoms with Crippen molar-refractivity contribution in [3.05, 3.63) is 0 Å². The molecule has 2 unspecified atom stereocenters. The Labute approximate surface area is 105 Å². The van der Waals surface area contributed by atoms with Gasteiger partial charge in [-0.3, -0.25) is 0 Å².